The lowest BCUT2D eigenvalue weighted by molar-refractivity contribution is 0.0602. The predicted octanol–water partition coefficient (Wildman–Crippen LogP) is 1.58. The zero-order chi connectivity index (χ0) is 14.9. The Morgan fingerprint density at radius 2 is 1.90 bits per heavy atom. The maximum absolute atomic E-state index is 11.7. The highest BCUT2D eigenvalue weighted by Gasteiger charge is 2.28. The second-order valence-electron chi connectivity index (χ2n) is 5.50. The van der Waals surface area contributed by atoms with Gasteiger partial charge in [0, 0.05) is 25.2 Å². The maximum atomic E-state index is 11.7. The van der Waals surface area contributed by atoms with Crippen LogP contribution in [0.3, 0.4) is 0 Å². The Hall–Kier alpha value is -1.75. The summed E-state index contributed by atoms with van der Waals surface area (Å²) in [7, 11) is 3.51. The molecule has 2 rings (SSSR count). The molecule has 1 aliphatic rings. The number of nitrogens with zero attached hydrogens (tertiary/aromatic N) is 2. The van der Waals surface area contributed by atoms with Gasteiger partial charge in [-0.25, -0.2) is 4.79 Å². The number of esters is 1. The molecule has 0 spiro atoms. The highest BCUT2D eigenvalue weighted by molar-refractivity contribution is 5.98. The van der Waals surface area contributed by atoms with Crippen LogP contribution in [0.5, 0.6) is 0 Å². The van der Waals surface area contributed by atoms with Crippen LogP contribution in [0, 0.1) is 0 Å². The number of rotatable bonds is 2. The van der Waals surface area contributed by atoms with Crippen molar-refractivity contribution in [2.75, 3.05) is 37.9 Å². The van der Waals surface area contributed by atoms with Crippen LogP contribution >= 0.6 is 0 Å². The van der Waals surface area contributed by atoms with Gasteiger partial charge in [-0.15, -0.1) is 0 Å². The van der Waals surface area contributed by atoms with Crippen molar-refractivity contribution in [2.45, 2.75) is 25.9 Å². The molecule has 1 aliphatic heterocycles. The summed E-state index contributed by atoms with van der Waals surface area (Å²) in [6.45, 7) is 6.19. The number of nitrogen functional groups attached to an aromatic ring is 1. The van der Waals surface area contributed by atoms with Crippen LogP contribution in [0.1, 0.15) is 24.2 Å². The van der Waals surface area contributed by atoms with Gasteiger partial charge < -0.3 is 15.4 Å². The Balaban J connectivity index is 2.32. The summed E-state index contributed by atoms with van der Waals surface area (Å²) >= 11 is 0. The summed E-state index contributed by atoms with van der Waals surface area (Å²) in [6, 6.07) is 6.41. The van der Waals surface area contributed by atoms with E-state index in [0.717, 1.165) is 18.8 Å². The van der Waals surface area contributed by atoms with Crippen molar-refractivity contribution in [1.29, 1.82) is 0 Å². The molecule has 5 nitrogen and oxygen atoms in total. The van der Waals surface area contributed by atoms with E-state index in [-0.39, 0.29) is 5.97 Å². The predicted molar refractivity (Wildman–Crippen MR) is 81.1 cm³/mol. The minimum absolute atomic E-state index is 0.389. The molecule has 1 fully saturated rings. The number of hydrogen-bond acceptors (Lipinski definition) is 5. The van der Waals surface area contributed by atoms with E-state index in [1.54, 1.807) is 6.07 Å². The lowest BCUT2D eigenvalue weighted by Gasteiger charge is -2.43. The molecule has 0 aliphatic carbocycles. The van der Waals surface area contributed by atoms with Gasteiger partial charge in [0.05, 0.1) is 24.0 Å². The van der Waals surface area contributed by atoms with Crippen LogP contribution in [0.4, 0.5) is 11.4 Å². The fraction of sp³-hybridized carbons (Fsp3) is 0.533. The molecule has 0 amide bonds. The van der Waals surface area contributed by atoms with Crippen molar-refractivity contribution in [1.82, 2.24) is 4.90 Å². The third-order valence-electron chi connectivity index (χ3n) is 4.19. The first-order chi connectivity index (χ1) is 9.45. The first-order valence-electron chi connectivity index (χ1n) is 6.89. The molecule has 0 bridgehead atoms. The number of carbonyl (C=O) groups excluding carboxylic acids is 1. The molecule has 0 aromatic heterocycles. The number of methoxy groups -OCH3 is 1. The van der Waals surface area contributed by atoms with Gasteiger partial charge in [0.15, 0.2) is 0 Å². The normalized spacial score (nSPS) is 23.7. The minimum atomic E-state index is -0.389. The maximum Gasteiger partial charge on any atom is 0.340 e. The number of likely N-dealkylation sites (N-methyl/N-ethyl adjacent to an activating group) is 1. The first kappa shape index (κ1) is 14.7. The molecule has 110 valence electrons. The van der Waals surface area contributed by atoms with Crippen LogP contribution in [-0.4, -0.2) is 50.2 Å². The molecule has 20 heavy (non-hydrogen) atoms. The average Bonchev–Trinajstić information content (AvgIpc) is 2.43. The second-order valence-corrected chi connectivity index (χ2v) is 5.50. The van der Waals surface area contributed by atoms with Gasteiger partial charge in [-0.3, -0.25) is 4.90 Å². The summed E-state index contributed by atoms with van der Waals surface area (Å²) in [5, 5.41) is 0. The number of anilines is 2. The van der Waals surface area contributed by atoms with Gasteiger partial charge in [0.2, 0.25) is 0 Å². The van der Waals surface area contributed by atoms with Crippen molar-refractivity contribution in [3.05, 3.63) is 23.8 Å². The third kappa shape index (κ3) is 2.58. The van der Waals surface area contributed by atoms with Gasteiger partial charge in [0.1, 0.15) is 0 Å². The molecular formula is C15H23N3O2. The highest BCUT2D eigenvalue weighted by Crippen LogP contribution is 2.30. The fourth-order valence-corrected chi connectivity index (χ4v) is 2.72. The zero-order valence-electron chi connectivity index (χ0n) is 12.6. The van der Waals surface area contributed by atoms with Crippen LogP contribution in [-0.2, 0) is 4.74 Å². The number of benzene rings is 1. The van der Waals surface area contributed by atoms with E-state index in [2.05, 4.69) is 30.7 Å². The largest absolute Gasteiger partial charge is 0.465 e. The lowest BCUT2D eigenvalue weighted by atomic mass is 10.1. The number of para-hydroxylation sites is 1. The molecule has 2 N–H and O–H groups in total. The Morgan fingerprint density at radius 1 is 1.30 bits per heavy atom. The molecule has 0 radical (unpaired) electrons. The molecule has 5 heteroatoms. The minimum Gasteiger partial charge on any atom is -0.465 e. The zero-order valence-corrected chi connectivity index (χ0v) is 12.6. The number of piperazine rings is 1. The Labute approximate surface area is 120 Å². The van der Waals surface area contributed by atoms with Crippen LogP contribution < -0.4 is 10.6 Å². The summed E-state index contributed by atoms with van der Waals surface area (Å²) < 4.78 is 4.77. The van der Waals surface area contributed by atoms with E-state index in [1.807, 2.05) is 12.1 Å². The van der Waals surface area contributed by atoms with E-state index in [1.165, 1.54) is 7.11 Å². The monoisotopic (exact) mass is 277 g/mol. The molecular weight excluding hydrogens is 254 g/mol. The van der Waals surface area contributed by atoms with E-state index in [0.29, 0.717) is 23.3 Å². The van der Waals surface area contributed by atoms with Crippen molar-refractivity contribution in [3.8, 4) is 0 Å². The number of nitrogens with two attached hydrogens (primary N) is 1. The summed E-state index contributed by atoms with van der Waals surface area (Å²) in [6.07, 6.45) is 0. The van der Waals surface area contributed by atoms with E-state index in [4.69, 9.17) is 10.5 Å². The average molecular weight is 277 g/mol. The number of hydrogen-bond donors (Lipinski definition) is 1. The quantitative estimate of drug-likeness (QED) is 0.657. The Bertz CT molecular complexity index is 492. The molecule has 1 heterocycles. The molecule has 1 aromatic carbocycles. The van der Waals surface area contributed by atoms with Crippen LogP contribution in [0.2, 0.25) is 0 Å². The topological polar surface area (TPSA) is 58.8 Å². The molecule has 2 atom stereocenters. The highest BCUT2D eigenvalue weighted by atomic mass is 16.5. The summed E-state index contributed by atoms with van der Waals surface area (Å²) in [5.41, 5.74) is 8.01. The van der Waals surface area contributed by atoms with Crippen LogP contribution in [0.15, 0.2) is 18.2 Å². The fourth-order valence-electron chi connectivity index (χ4n) is 2.72. The standard InChI is InChI=1S/C15H23N3O2/c1-10-8-18(9-11(2)17(10)3)13-7-5-6-12(14(13)16)15(19)20-4/h5-7,10-11H,8-9,16H2,1-4H3. The summed E-state index contributed by atoms with van der Waals surface area (Å²) in [4.78, 5) is 16.3. The van der Waals surface area contributed by atoms with Crippen LogP contribution in [0.25, 0.3) is 0 Å². The number of ether oxygens (including phenoxy) is 1. The summed E-state index contributed by atoms with van der Waals surface area (Å²) in [5.74, 6) is -0.389. The van der Waals surface area contributed by atoms with E-state index >= 15 is 0 Å². The second kappa shape index (κ2) is 5.71. The van der Waals surface area contributed by atoms with Crippen molar-refractivity contribution >= 4 is 17.3 Å². The van der Waals surface area contributed by atoms with E-state index < -0.39 is 0 Å². The van der Waals surface area contributed by atoms with Gasteiger partial charge >= 0.3 is 5.97 Å². The van der Waals surface area contributed by atoms with Crippen molar-refractivity contribution in [2.24, 2.45) is 0 Å². The smallest absolute Gasteiger partial charge is 0.340 e. The first-order valence-corrected chi connectivity index (χ1v) is 6.89. The third-order valence-corrected chi connectivity index (χ3v) is 4.19. The molecule has 0 saturated carbocycles. The lowest BCUT2D eigenvalue weighted by Crippen LogP contribution is -2.55. The van der Waals surface area contributed by atoms with Gasteiger partial charge in [0.25, 0.3) is 0 Å². The molecule has 1 aromatic rings. The van der Waals surface area contributed by atoms with E-state index in [9.17, 15) is 4.79 Å². The van der Waals surface area contributed by atoms with Crippen molar-refractivity contribution in [3.63, 3.8) is 0 Å². The molecule has 2 unspecified atom stereocenters. The SMILES string of the molecule is COC(=O)c1cccc(N2CC(C)N(C)C(C)C2)c1N. The van der Waals surface area contributed by atoms with Gasteiger partial charge in [-0.2, -0.15) is 0 Å². The van der Waals surface area contributed by atoms with Crippen molar-refractivity contribution < 1.29 is 9.53 Å². The number of carbonyl (C=O) groups is 1. The van der Waals surface area contributed by atoms with Gasteiger partial charge in [-0.1, -0.05) is 6.07 Å². The molecule has 1 saturated heterocycles. The Morgan fingerprint density at radius 3 is 2.45 bits per heavy atom. The Kier molecular flexibility index (Phi) is 4.18. The van der Waals surface area contributed by atoms with Gasteiger partial charge in [-0.05, 0) is 33.0 Å².